The molecular formula is C15H18N2O3. The van der Waals surface area contributed by atoms with E-state index in [0.717, 1.165) is 24.0 Å². The highest BCUT2D eigenvalue weighted by atomic mass is 16.6. The maximum atomic E-state index is 12.0. The second-order valence-electron chi connectivity index (χ2n) is 4.75. The van der Waals surface area contributed by atoms with Gasteiger partial charge in [-0.2, -0.15) is 4.98 Å². The van der Waals surface area contributed by atoms with Crippen LogP contribution in [0.2, 0.25) is 0 Å². The van der Waals surface area contributed by atoms with Crippen molar-refractivity contribution in [2.45, 2.75) is 40.2 Å². The predicted molar refractivity (Wildman–Crippen MR) is 73.3 cm³/mol. The van der Waals surface area contributed by atoms with Crippen LogP contribution < -0.4 is 0 Å². The van der Waals surface area contributed by atoms with E-state index in [1.807, 2.05) is 39.0 Å². The molecule has 1 aromatic heterocycles. The van der Waals surface area contributed by atoms with E-state index in [0.29, 0.717) is 17.3 Å². The molecule has 1 heterocycles. The summed E-state index contributed by atoms with van der Waals surface area (Å²) in [4.78, 5) is 16.2. The lowest BCUT2D eigenvalue weighted by molar-refractivity contribution is 0.0429. The number of aromatic nitrogens is 2. The second kappa shape index (κ2) is 6.32. The molecule has 0 atom stereocenters. The molecule has 106 valence electrons. The minimum Gasteiger partial charge on any atom is -0.452 e. The van der Waals surface area contributed by atoms with E-state index in [1.54, 1.807) is 0 Å². The summed E-state index contributed by atoms with van der Waals surface area (Å²) in [6.07, 6.45) is 1.70. The van der Waals surface area contributed by atoms with Crippen LogP contribution >= 0.6 is 0 Å². The number of ether oxygens (including phenoxy) is 1. The zero-order valence-electron chi connectivity index (χ0n) is 12.0. The molecule has 0 bridgehead atoms. The Morgan fingerprint density at radius 3 is 2.90 bits per heavy atom. The summed E-state index contributed by atoms with van der Waals surface area (Å²) in [6, 6.07) is 5.67. The van der Waals surface area contributed by atoms with Gasteiger partial charge in [-0.15, -0.1) is 0 Å². The van der Waals surface area contributed by atoms with Crippen molar-refractivity contribution in [3.63, 3.8) is 0 Å². The standard InChI is InChI=1S/C15H18N2O3/c1-4-5-13-16-14(20-17-13)9-19-15(18)12-8-10(2)6-7-11(12)3/h6-8H,4-5,9H2,1-3H3. The van der Waals surface area contributed by atoms with Gasteiger partial charge >= 0.3 is 5.97 Å². The second-order valence-corrected chi connectivity index (χ2v) is 4.75. The van der Waals surface area contributed by atoms with E-state index in [-0.39, 0.29) is 12.6 Å². The highest BCUT2D eigenvalue weighted by molar-refractivity contribution is 5.91. The van der Waals surface area contributed by atoms with Crippen LogP contribution in [0, 0.1) is 13.8 Å². The summed E-state index contributed by atoms with van der Waals surface area (Å²) in [6.45, 7) is 5.85. The molecule has 2 aromatic rings. The topological polar surface area (TPSA) is 65.2 Å². The van der Waals surface area contributed by atoms with Gasteiger partial charge in [0.1, 0.15) is 0 Å². The number of hydrogen-bond acceptors (Lipinski definition) is 5. The first-order valence-electron chi connectivity index (χ1n) is 6.66. The molecule has 5 nitrogen and oxygen atoms in total. The molecule has 0 unspecified atom stereocenters. The summed E-state index contributed by atoms with van der Waals surface area (Å²) in [7, 11) is 0. The summed E-state index contributed by atoms with van der Waals surface area (Å²) in [5, 5.41) is 3.81. The molecule has 0 aliphatic heterocycles. The van der Waals surface area contributed by atoms with E-state index in [4.69, 9.17) is 9.26 Å². The molecule has 0 N–H and O–H groups in total. The van der Waals surface area contributed by atoms with Crippen molar-refractivity contribution in [3.05, 3.63) is 46.6 Å². The fourth-order valence-electron chi connectivity index (χ4n) is 1.83. The molecule has 1 aromatic carbocycles. The number of aryl methyl sites for hydroxylation is 3. The quantitative estimate of drug-likeness (QED) is 0.784. The van der Waals surface area contributed by atoms with E-state index in [1.165, 1.54) is 0 Å². The molecule has 5 heteroatoms. The van der Waals surface area contributed by atoms with Crippen molar-refractivity contribution in [3.8, 4) is 0 Å². The van der Waals surface area contributed by atoms with E-state index in [2.05, 4.69) is 10.1 Å². The summed E-state index contributed by atoms with van der Waals surface area (Å²) in [5.74, 6) is 0.596. The third kappa shape index (κ3) is 3.44. The fraction of sp³-hybridized carbons (Fsp3) is 0.400. The summed E-state index contributed by atoms with van der Waals surface area (Å²) < 4.78 is 10.2. The molecule has 2 rings (SSSR count). The van der Waals surface area contributed by atoms with Crippen LogP contribution in [0.3, 0.4) is 0 Å². The summed E-state index contributed by atoms with van der Waals surface area (Å²) in [5.41, 5.74) is 2.47. The Kier molecular flexibility index (Phi) is 4.50. The maximum Gasteiger partial charge on any atom is 0.338 e. The first-order valence-corrected chi connectivity index (χ1v) is 6.66. The molecule has 0 spiro atoms. The number of esters is 1. The van der Waals surface area contributed by atoms with Gasteiger partial charge in [0.15, 0.2) is 12.4 Å². The average molecular weight is 274 g/mol. The molecule has 0 saturated heterocycles. The van der Waals surface area contributed by atoms with E-state index < -0.39 is 0 Å². The van der Waals surface area contributed by atoms with Gasteiger partial charge in [-0.1, -0.05) is 29.8 Å². The minimum absolute atomic E-state index is 0.00291. The van der Waals surface area contributed by atoms with Gasteiger partial charge in [0.2, 0.25) is 0 Å². The molecule has 0 amide bonds. The Balaban J connectivity index is 1.99. The van der Waals surface area contributed by atoms with Crippen molar-refractivity contribution < 1.29 is 14.1 Å². The zero-order valence-corrected chi connectivity index (χ0v) is 12.0. The van der Waals surface area contributed by atoms with Crippen molar-refractivity contribution in [2.24, 2.45) is 0 Å². The van der Waals surface area contributed by atoms with E-state index in [9.17, 15) is 4.79 Å². The van der Waals surface area contributed by atoms with Gasteiger partial charge in [0.25, 0.3) is 5.89 Å². The molecule has 0 fully saturated rings. The number of rotatable bonds is 5. The molecule has 20 heavy (non-hydrogen) atoms. The highest BCUT2D eigenvalue weighted by Crippen LogP contribution is 2.13. The number of carbonyl (C=O) groups excluding carboxylic acids is 1. The van der Waals surface area contributed by atoms with Crippen LogP contribution in [0.4, 0.5) is 0 Å². The normalized spacial score (nSPS) is 10.6. The van der Waals surface area contributed by atoms with Gasteiger partial charge in [-0.05, 0) is 31.9 Å². The first-order chi connectivity index (χ1) is 9.60. The Labute approximate surface area is 118 Å². The number of benzene rings is 1. The van der Waals surface area contributed by atoms with Crippen molar-refractivity contribution in [2.75, 3.05) is 0 Å². The van der Waals surface area contributed by atoms with Gasteiger partial charge < -0.3 is 9.26 Å². The van der Waals surface area contributed by atoms with Gasteiger partial charge in [0.05, 0.1) is 5.56 Å². The van der Waals surface area contributed by atoms with Gasteiger partial charge in [0, 0.05) is 6.42 Å². The van der Waals surface area contributed by atoms with Crippen LogP contribution in [0.15, 0.2) is 22.7 Å². The third-order valence-electron chi connectivity index (χ3n) is 2.92. The largest absolute Gasteiger partial charge is 0.452 e. The van der Waals surface area contributed by atoms with Gasteiger partial charge in [-0.3, -0.25) is 0 Å². The zero-order chi connectivity index (χ0) is 14.5. The number of nitrogens with zero attached hydrogens (tertiary/aromatic N) is 2. The van der Waals surface area contributed by atoms with Crippen LogP contribution in [-0.2, 0) is 17.8 Å². The molecule has 0 aliphatic rings. The first kappa shape index (κ1) is 14.2. The van der Waals surface area contributed by atoms with Crippen molar-refractivity contribution in [1.82, 2.24) is 10.1 Å². The Morgan fingerprint density at radius 2 is 2.15 bits per heavy atom. The number of carbonyl (C=O) groups is 1. The molecule has 0 saturated carbocycles. The van der Waals surface area contributed by atoms with Gasteiger partial charge in [-0.25, -0.2) is 4.79 Å². The van der Waals surface area contributed by atoms with Crippen molar-refractivity contribution in [1.29, 1.82) is 0 Å². The monoisotopic (exact) mass is 274 g/mol. The Bertz CT molecular complexity index is 605. The van der Waals surface area contributed by atoms with Crippen LogP contribution in [0.1, 0.15) is 46.5 Å². The maximum absolute atomic E-state index is 12.0. The third-order valence-corrected chi connectivity index (χ3v) is 2.92. The van der Waals surface area contributed by atoms with Crippen LogP contribution in [0.5, 0.6) is 0 Å². The smallest absolute Gasteiger partial charge is 0.338 e. The highest BCUT2D eigenvalue weighted by Gasteiger charge is 2.13. The minimum atomic E-state index is -0.374. The average Bonchev–Trinajstić information content (AvgIpc) is 2.87. The van der Waals surface area contributed by atoms with Crippen LogP contribution in [0.25, 0.3) is 0 Å². The lowest BCUT2D eigenvalue weighted by Gasteiger charge is -2.06. The molecule has 0 aliphatic carbocycles. The Hall–Kier alpha value is -2.17. The van der Waals surface area contributed by atoms with E-state index >= 15 is 0 Å². The lowest BCUT2D eigenvalue weighted by atomic mass is 10.1. The number of hydrogen-bond donors (Lipinski definition) is 0. The SMILES string of the molecule is CCCc1noc(COC(=O)c2cc(C)ccc2C)n1. The Morgan fingerprint density at radius 1 is 1.35 bits per heavy atom. The van der Waals surface area contributed by atoms with Crippen LogP contribution in [-0.4, -0.2) is 16.1 Å². The predicted octanol–water partition coefficient (Wildman–Crippen LogP) is 3.00. The molecule has 0 radical (unpaired) electrons. The lowest BCUT2D eigenvalue weighted by Crippen LogP contribution is -2.07. The van der Waals surface area contributed by atoms with Crippen molar-refractivity contribution >= 4 is 5.97 Å². The summed E-state index contributed by atoms with van der Waals surface area (Å²) >= 11 is 0. The molecular weight excluding hydrogens is 256 g/mol. The fourth-order valence-corrected chi connectivity index (χ4v) is 1.83.